The first-order valence-electron chi connectivity index (χ1n) is 3.82. The highest BCUT2D eigenvalue weighted by Crippen LogP contribution is 2.18. The lowest BCUT2D eigenvalue weighted by Gasteiger charge is -2.00. The van der Waals surface area contributed by atoms with Crippen LogP contribution in [0, 0.1) is 0 Å². The lowest BCUT2D eigenvalue weighted by Crippen LogP contribution is -1.95. The third-order valence-electron chi connectivity index (χ3n) is 1.59. The molecule has 0 spiro atoms. The monoisotopic (exact) mass is 163 g/mol. The third-order valence-corrected chi connectivity index (χ3v) is 1.59. The summed E-state index contributed by atoms with van der Waals surface area (Å²) in [7, 11) is 0. The van der Waals surface area contributed by atoms with Crippen LogP contribution in [0.3, 0.4) is 0 Å². The molecule has 2 aromatic heterocycles. The molecule has 0 aliphatic rings. The molecule has 0 bridgehead atoms. The minimum Gasteiger partial charge on any atom is -0.476 e. The number of rotatable bonds is 2. The van der Waals surface area contributed by atoms with E-state index < -0.39 is 0 Å². The van der Waals surface area contributed by atoms with E-state index in [0.29, 0.717) is 12.5 Å². The molecule has 0 aliphatic carbocycles. The lowest BCUT2D eigenvalue weighted by atomic mass is 10.4. The van der Waals surface area contributed by atoms with Crippen molar-refractivity contribution in [1.82, 2.24) is 15.0 Å². The Morgan fingerprint density at radius 1 is 1.50 bits per heavy atom. The maximum Gasteiger partial charge on any atom is 0.241 e. The normalized spacial score (nSPS) is 10.4. The predicted molar refractivity (Wildman–Crippen MR) is 45.1 cm³/mol. The van der Waals surface area contributed by atoms with Crippen molar-refractivity contribution >= 4 is 11.0 Å². The number of nitrogens with zero attached hydrogens (tertiary/aromatic N) is 2. The highest BCUT2D eigenvalue weighted by Gasteiger charge is 2.03. The number of nitrogens with one attached hydrogen (secondary N) is 1. The quantitative estimate of drug-likeness (QED) is 0.727. The predicted octanol–water partition coefficient (Wildman–Crippen LogP) is 1.36. The summed E-state index contributed by atoms with van der Waals surface area (Å²) in [5.74, 6) is 0.618. The first-order chi connectivity index (χ1) is 5.92. The van der Waals surface area contributed by atoms with Gasteiger partial charge in [0.15, 0.2) is 0 Å². The van der Waals surface area contributed by atoms with Gasteiger partial charge in [-0.1, -0.05) is 0 Å². The molecule has 0 saturated heterocycles. The first-order valence-corrected chi connectivity index (χ1v) is 3.82. The first kappa shape index (κ1) is 7.09. The average molecular weight is 163 g/mol. The Kier molecular flexibility index (Phi) is 1.66. The molecule has 0 radical (unpaired) electrons. The molecule has 1 N–H and O–H groups in total. The van der Waals surface area contributed by atoms with E-state index >= 15 is 0 Å². The SMILES string of the molecule is CCOc1ncnc2cc[nH]c12. The van der Waals surface area contributed by atoms with Gasteiger partial charge in [0.25, 0.3) is 0 Å². The van der Waals surface area contributed by atoms with Crippen LogP contribution in [0.5, 0.6) is 5.88 Å². The summed E-state index contributed by atoms with van der Waals surface area (Å²) in [4.78, 5) is 11.1. The second-order valence-electron chi connectivity index (χ2n) is 2.35. The minimum absolute atomic E-state index is 0.616. The summed E-state index contributed by atoms with van der Waals surface area (Å²) in [6, 6.07) is 1.89. The van der Waals surface area contributed by atoms with Crippen molar-refractivity contribution in [3.63, 3.8) is 0 Å². The smallest absolute Gasteiger partial charge is 0.241 e. The van der Waals surface area contributed by atoms with E-state index in [1.54, 1.807) is 0 Å². The Labute approximate surface area is 69.6 Å². The van der Waals surface area contributed by atoms with Crippen molar-refractivity contribution in [3.05, 3.63) is 18.6 Å². The maximum absolute atomic E-state index is 5.30. The molecular formula is C8H9N3O. The molecule has 0 saturated carbocycles. The van der Waals surface area contributed by atoms with Gasteiger partial charge < -0.3 is 9.72 Å². The Balaban J connectivity index is 2.57. The van der Waals surface area contributed by atoms with Crippen molar-refractivity contribution in [2.45, 2.75) is 6.92 Å². The molecule has 0 atom stereocenters. The van der Waals surface area contributed by atoms with Crippen LogP contribution < -0.4 is 4.74 Å². The Bertz CT molecular complexity index is 382. The van der Waals surface area contributed by atoms with Gasteiger partial charge in [-0.25, -0.2) is 4.98 Å². The van der Waals surface area contributed by atoms with Crippen LogP contribution >= 0.6 is 0 Å². The van der Waals surface area contributed by atoms with Gasteiger partial charge in [-0.3, -0.25) is 0 Å². The van der Waals surface area contributed by atoms with E-state index in [1.807, 2.05) is 19.2 Å². The zero-order valence-electron chi connectivity index (χ0n) is 6.74. The Hall–Kier alpha value is -1.58. The summed E-state index contributed by atoms with van der Waals surface area (Å²) in [5, 5.41) is 0. The summed E-state index contributed by atoms with van der Waals surface area (Å²) < 4.78 is 5.30. The van der Waals surface area contributed by atoms with Crippen LogP contribution in [0.15, 0.2) is 18.6 Å². The fraction of sp³-hybridized carbons (Fsp3) is 0.250. The van der Waals surface area contributed by atoms with Crippen LogP contribution in [0.25, 0.3) is 11.0 Å². The molecule has 4 nitrogen and oxygen atoms in total. The number of aromatic nitrogens is 3. The van der Waals surface area contributed by atoms with Crippen molar-refractivity contribution < 1.29 is 4.74 Å². The zero-order chi connectivity index (χ0) is 8.39. The Morgan fingerprint density at radius 2 is 2.42 bits per heavy atom. The number of hydrogen-bond acceptors (Lipinski definition) is 3. The van der Waals surface area contributed by atoms with E-state index in [-0.39, 0.29) is 0 Å². The van der Waals surface area contributed by atoms with Gasteiger partial charge in [-0.05, 0) is 13.0 Å². The number of ether oxygens (including phenoxy) is 1. The van der Waals surface area contributed by atoms with Gasteiger partial charge in [0, 0.05) is 6.20 Å². The zero-order valence-corrected chi connectivity index (χ0v) is 6.74. The largest absolute Gasteiger partial charge is 0.476 e. The molecule has 2 rings (SSSR count). The van der Waals surface area contributed by atoms with Crippen molar-refractivity contribution in [1.29, 1.82) is 0 Å². The minimum atomic E-state index is 0.616. The number of aromatic amines is 1. The molecule has 2 aromatic rings. The van der Waals surface area contributed by atoms with Crippen LogP contribution in [0.2, 0.25) is 0 Å². The van der Waals surface area contributed by atoms with Gasteiger partial charge in [-0.2, -0.15) is 4.98 Å². The summed E-state index contributed by atoms with van der Waals surface area (Å²) in [5.41, 5.74) is 1.74. The van der Waals surface area contributed by atoms with Crippen LogP contribution in [0.4, 0.5) is 0 Å². The summed E-state index contributed by atoms with van der Waals surface area (Å²) >= 11 is 0. The second kappa shape index (κ2) is 2.81. The molecule has 0 aliphatic heterocycles. The van der Waals surface area contributed by atoms with E-state index in [4.69, 9.17) is 4.74 Å². The average Bonchev–Trinajstić information content (AvgIpc) is 2.53. The molecular weight excluding hydrogens is 154 g/mol. The molecule has 12 heavy (non-hydrogen) atoms. The van der Waals surface area contributed by atoms with Gasteiger partial charge in [-0.15, -0.1) is 0 Å². The fourth-order valence-corrected chi connectivity index (χ4v) is 1.09. The van der Waals surface area contributed by atoms with E-state index in [1.165, 1.54) is 6.33 Å². The van der Waals surface area contributed by atoms with Gasteiger partial charge >= 0.3 is 0 Å². The highest BCUT2D eigenvalue weighted by molar-refractivity contribution is 5.79. The fourth-order valence-electron chi connectivity index (χ4n) is 1.09. The maximum atomic E-state index is 5.30. The molecule has 62 valence electrons. The second-order valence-corrected chi connectivity index (χ2v) is 2.35. The number of fused-ring (bicyclic) bond motifs is 1. The Morgan fingerprint density at radius 3 is 3.25 bits per heavy atom. The summed E-state index contributed by atoms with van der Waals surface area (Å²) in [6.07, 6.45) is 3.32. The number of H-pyrrole nitrogens is 1. The number of hydrogen-bond donors (Lipinski definition) is 1. The third kappa shape index (κ3) is 1.01. The van der Waals surface area contributed by atoms with E-state index in [0.717, 1.165) is 11.0 Å². The topological polar surface area (TPSA) is 50.8 Å². The molecule has 4 heteroatoms. The molecule has 0 unspecified atom stereocenters. The lowest BCUT2D eigenvalue weighted by molar-refractivity contribution is 0.330. The molecule has 2 heterocycles. The molecule has 0 fully saturated rings. The van der Waals surface area contributed by atoms with Crippen molar-refractivity contribution in [3.8, 4) is 5.88 Å². The molecule has 0 amide bonds. The van der Waals surface area contributed by atoms with Gasteiger partial charge in [0.2, 0.25) is 5.88 Å². The highest BCUT2D eigenvalue weighted by atomic mass is 16.5. The standard InChI is InChI=1S/C8H9N3O/c1-2-12-8-7-6(3-4-9-7)10-5-11-8/h3-5,9H,2H2,1H3. The van der Waals surface area contributed by atoms with Crippen LogP contribution in [-0.4, -0.2) is 21.6 Å². The van der Waals surface area contributed by atoms with Crippen molar-refractivity contribution in [2.24, 2.45) is 0 Å². The van der Waals surface area contributed by atoms with Crippen LogP contribution in [0.1, 0.15) is 6.92 Å². The molecule has 0 aromatic carbocycles. The van der Waals surface area contributed by atoms with Crippen LogP contribution in [-0.2, 0) is 0 Å². The summed E-state index contributed by atoms with van der Waals surface area (Å²) in [6.45, 7) is 2.54. The van der Waals surface area contributed by atoms with Crippen molar-refractivity contribution in [2.75, 3.05) is 6.61 Å². The van der Waals surface area contributed by atoms with Gasteiger partial charge in [0.1, 0.15) is 11.8 Å². The van der Waals surface area contributed by atoms with E-state index in [9.17, 15) is 0 Å². The van der Waals surface area contributed by atoms with Gasteiger partial charge in [0.05, 0.1) is 12.1 Å². The van der Waals surface area contributed by atoms with E-state index in [2.05, 4.69) is 15.0 Å².